The number of allylic oxidation sites excluding steroid dienone is 2. The number of halogens is 3. The number of carboxylic acids is 1. The van der Waals surface area contributed by atoms with Crippen LogP contribution < -0.4 is 5.32 Å². The molecule has 0 bridgehead atoms. The van der Waals surface area contributed by atoms with Crippen LogP contribution in [0.4, 0.5) is 13.2 Å². The van der Waals surface area contributed by atoms with Crippen LogP contribution in [0.2, 0.25) is 0 Å². The average Bonchev–Trinajstić information content (AvgIpc) is 3.43. The number of amidine groups is 1. The first kappa shape index (κ1) is 20.9. The molecule has 31 heavy (non-hydrogen) atoms. The highest BCUT2D eigenvalue weighted by atomic mass is 32.1. The van der Waals surface area contributed by atoms with Gasteiger partial charge in [0.15, 0.2) is 5.54 Å². The highest BCUT2D eigenvalue weighted by molar-refractivity contribution is 7.09. The van der Waals surface area contributed by atoms with E-state index in [0.29, 0.717) is 5.56 Å². The lowest BCUT2D eigenvalue weighted by Crippen LogP contribution is -2.49. The fourth-order valence-electron chi connectivity index (χ4n) is 3.49. The number of hydrogen-bond acceptors (Lipinski definition) is 6. The molecule has 1 amide bonds. The monoisotopic (exact) mass is 451 g/mol. The number of amides is 1. The number of alkyl halides is 3. The van der Waals surface area contributed by atoms with E-state index in [0.717, 1.165) is 11.0 Å². The number of rotatable bonds is 6. The Labute approximate surface area is 178 Å². The van der Waals surface area contributed by atoms with E-state index in [1.54, 1.807) is 12.1 Å². The Morgan fingerprint density at radius 2 is 2.16 bits per heavy atom. The van der Waals surface area contributed by atoms with Gasteiger partial charge in [0.05, 0.1) is 37.6 Å². The summed E-state index contributed by atoms with van der Waals surface area (Å²) in [5.41, 5.74) is -2.32. The van der Waals surface area contributed by atoms with Crippen LogP contribution in [0.1, 0.15) is 16.9 Å². The van der Waals surface area contributed by atoms with Crippen LogP contribution in [0.15, 0.2) is 63.4 Å². The summed E-state index contributed by atoms with van der Waals surface area (Å²) >= 11 is 1.39. The smallest absolute Gasteiger partial charge is 0.419 e. The van der Waals surface area contributed by atoms with Gasteiger partial charge in [0.2, 0.25) is 0 Å². The van der Waals surface area contributed by atoms with Crippen molar-refractivity contribution in [2.45, 2.75) is 24.7 Å². The molecule has 0 spiro atoms. The third-order valence-corrected chi connectivity index (χ3v) is 5.77. The first-order valence-corrected chi connectivity index (χ1v) is 9.98. The Bertz CT molecular complexity index is 1090. The molecule has 4 heterocycles. The number of hydrogen-bond donors (Lipinski definition) is 2. The van der Waals surface area contributed by atoms with Crippen molar-refractivity contribution >= 4 is 34.6 Å². The number of thiophene rings is 1. The molecule has 2 aliphatic rings. The normalized spacial score (nSPS) is 20.6. The maximum absolute atomic E-state index is 13.8. The fourth-order valence-corrected chi connectivity index (χ4v) is 4.14. The highest BCUT2D eigenvalue weighted by Gasteiger charge is 2.52. The number of nitrogens with zero attached hydrogens (tertiary/aromatic N) is 2. The molecule has 2 aromatic rings. The predicted molar refractivity (Wildman–Crippen MR) is 106 cm³/mol. The van der Waals surface area contributed by atoms with Crippen molar-refractivity contribution in [3.8, 4) is 0 Å². The third kappa shape index (κ3) is 4.13. The minimum atomic E-state index is -4.76. The van der Waals surface area contributed by atoms with Crippen LogP contribution in [-0.4, -0.2) is 46.0 Å². The fraction of sp³-hybridized carbons (Fsp3) is 0.250. The molecule has 1 unspecified atom stereocenters. The second-order valence-electron chi connectivity index (χ2n) is 7.08. The minimum Gasteiger partial charge on any atom is -0.481 e. The minimum absolute atomic E-state index is 0.126. The second-order valence-corrected chi connectivity index (χ2v) is 8.11. The van der Waals surface area contributed by atoms with Crippen LogP contribution in [0.5, 0.6) is 0 Å². The topological polar surface area (TPSA) is 95.1 Å². The zero-order valence-electron chi connectivity index (χ0n) is 15.8. The summed E-state index contributed by atoms with van der Waals surface area (Å²) in [5, 5.41) is 13.8. The van der Waals surface area contributed by atoms with E-state index < -0.39 is 41.4 Å². The predicted octanol–water partition coefficient (Wildman–Crippen LogP) is 3.43. The van der Waals surface area contributed by atoms with Crippen molar-refractivity contribution in [3.63, 3.8) is 0 Å². The quantitative estimate of drug-likeness (QED) is 0.702. The number of furan rings is 1. The third-order valence-electron chi connectivity index (χ3n) is 4.89. The van der Waals surface area contributed by atoms with E-state index >= 15 is 0 Å². The summed E-state index contributed by atoms with van der Waals surface area (Å²) in [6.07, 6.45) is -0.545. The Hall–Kier alpha value is -3.34. The van der Waals surface area contributed by atoms with Gasteiger partial charge in [-0.1, -0.05) is 6.07 Å². The van der Waals surface area contributed by atoms with Crippen LogP contribution >= 0.6 is 11.3 Å². The van der Waals surface area contributed by atoms with Crippen molar-refractivity contribution in [3.05, 3.63) is 64.4 Å². The summed E-state index contributed by atoms with van der Waals surface area (Å²) in [7, 11) is 0. The Morgan fingerprint density at radius 1 is 1.35 bits per heavy atom. The molecular weight excluding hydrogens is 435 g/mol. The van der Waals surface area contributed by atoms with E-state index in [-0.39, 0.29) is 18.7 Å². The zero-order valence-corrected chi connectivity index (χ0v) is 16.7. The van der Waals surface area contributed by atoms with Gasteiger partial charge in [0.25, 0.3) is 5.91 Å². The maximum Gasteiger partial charge on any atom is 0.419 e. The number of carbonyl (C=O) groups excluding carboxylic acids is 1. The first-order valence-electron chi connectivity index (χ1n) is 9.11. The molecule has 0 aliphatic carbocycles. The number of aliphatic carboxylic acids is 1. The summed E-state index contributed by atoms with van der Waals surface area (Å²) in [6, 6.07) is 5.08. The number of fused-ring (bicyclic) bond motifs is 1. The molecule has 11 heteroatoms. The number of nitrogens with one attached hydrogen (secondary N) is 1. The van der Waals surface area contributed by atoms with Gasteiger partial charge >= 0.3 is 12.1 Å². The maximum atomic E-state index is 13.8. The van der Waals surface area contributed by atoms with Gasteiger partial charge in [-0.15, -0.1) is 11.3 Å². The van der Waals surface area contributed by atoms with Crippen molar-refractivity contribution in [2.75, 3.05) is 6.54 Å². The van der Waals surface area contributed by atoms with Crippen molar-refractivity contribution in [2.24, 2.45) is 4.99 Å². The molecule has 162 valence electrons. The Kier molecular flexibility index (Phi) is 5.21. The van der Waals surface area contributed by atoms with Crippen LogP contribution in [-0.2, 0) is 16.1 Å². The van der Waals surface area contributed by atoms with Gasteiger partial charge < -0.3 is 19.7 Å². The molecule has 0 radical (unpaired) electrons. The lowest BCUT2D eigenvalue weighted by molar-refractivity contribution is -0.141. The van der Waals surface area contributed by atoms with Gasteiger partial charge in [-0.2, -0.15) is 13.2 Å². The molecule has 4 rings (SSSR count). The second kappa shape index (κ2) is 7.73. The van der Waals surface area contributed by atoms with E-state index in [9.17, 15) is 27.9 Å². The molecule has 2 N–H and O–H groups in total. The molecule has 0 saturated carbocycles. The van der Waals surface area contributed by atoms with Crippen molar-refractivity contribution < 1.29 is 32.3 Å². The van der Waals surface area contributed by atoms with Gasteiger partial charge in [0.1, 0.15) is 5.84 Å². The molecule has 0 saturated heterocycles. The number of aliphatic imine (C=N–C) groups is 1. The summed E-state index contributed by atoms with van der Waals surface area (Å²) < 4.78 is 46.4. The molecular formula is C20H16F3N3O4S. The SMILES string of the molecule is O=C(O)CC1(C(=O)NCc2cccs2)CN2C=C(c3ccoc3)C=C(C(F)(F)F)C2=N1. The van der Waals surface area contributed by atoms with E-state index in [2.05, 4.69) is 10.3 Å². The van der Waals surface area contributed by atoms with Crippen molar-refractivity contribution in [1.82, 2.24) is 10.2 Å². The zero-order chi connectivity index (χ0) is 22.2. The largest absolute Gasteiger partial charge is 0.481 e. The molecule has 7 nitrogen and oxygen atoms in total. The lowest BCUT2D eigenvalue weighted by atomic mass is 9.95. The van der Waals surface area contributed by atoms with E-state index in [1.807, 2.05) is 5.38 Å². The van der Waals surface area contributed by atoms with E-state index in [1.165, 1.54) is 41.0 Å². The summed E-state index contributed by atoms with van der Waals surface area (Å²) in [6.45, 7) is -0.208. The van der Waals surface area contributed by atoms with Gasteiger partial charge in [-0.05, 0) is 23.6 Å². The van der Waals surface area contributed by atoms with Gasteiger partial charge in [-0.25, -0.2) is 4.99 Å². The average molecular weight is 451 g/mol. The molecule has 1 atom stereocenters. The Morgan fingerprint density at radius 3 is 2.77 bits per heavy atom. The van der Waals surface area contributed by atoms with Crippen LogP contribution in [0.25, 0.3) is 5.57 Å². The molecule has 0 aromatic carbocycles. The summed E-state index contributed by atoms with van der Waals surface area (Å²) in [4.78, 5) is 30.5. The number of carboxylic acid groups (broad SMARTS) is 1. The highest BCUT2D eigenvalue weighted by Crippen LogP contribution is 2.39. The molecule has 2 aromatic heterocycles. The standard InChI is InChI=1S/C20H16F3N3O4S/c21-20(22,23)15-6-13(12-3-4-30-10-12)9-26-11-19(7-16(27)28,25-17(15)26)18(29)24-8-14-2-1-5-31-14/h1-6,9-10H,7-8,11H2,(H,24,29)(H,27,28). The molecule has 2 aliphatic heterocycles. The summed E-state index contributed by atoms with van der Waals surface area (Å²) in [5.74, 6) is -2.57. The van der Waals surface area contributed by atoms with Crippen LogP contribution in [0, 0.1) is 0 Å². The van der Waals surface area contributed by atoms with Gasteiger partial charge in [0, 0.05) is 22.2 Å². The lowest BCUT2D eigenvalue weighted by Gasteiger charge is -2.27. The van der Waals surface area contributed by atoms with E-state index in [4.69, 9.17) is 4.42 Å². The van der Waals surface area contributed by atoms with Crippen LogP contribution in [0.3, 0.4) is 0 Å². The van der Waals surface area contributed by atoms with Gasteiger partial charge in [-0.3, -0.25) is 9.59 Å². The van der Waals surface area contributed by atoms with Crippen molar-refractivity contribution in [1.29, 1.82) is 0 Å². The first-order chi connectivity index (χ1) is 14.7. The number of carbonyl (C=O) groups is 2. The molecule has 0 fully saturated rings. The Balaban J connectivity index is 1.71.